The maximum atomic E-state index is 11.0. The van der Waals surface area contributed by atoms with Crippen molar-refractivity contribution in [3.8, 4) is 11.5 Å². The van der Waals surface area contributed by atoms with Crippen LogP contribution in [0.15, 0.2) is 12.1 Å². The lowest BCUT2D eigenvalue weighted by molar-refractivity contribution is 0.294. The lowest BCUT2D eigenvalue weighted by Crippen LogP contribution is -2.09. The minimum Gasteiger partial charge on any atom is -0.493 e. The van der Waals surface area contributed by atoms with E-state index in [9.17, 15) is 8.42 Å². The molecule has 0 atom stereocenters. The summed E-state index contributed by atoms with van der Waals surface area (Å²) in [6.45, 7) is 0.607. The number of methoxy groups -OCH3 is 1. The first-order chi connectivity index (χ1) is 8.87. The predicted molar refractivity (Wildman–Crippen MR) is 75.7 cm³/mol. The van der Waals surface area contributed by atoms with Crippen LogP contribution in [0, 0.1) is 0 Å². The van der Waals surface area contributed by atoms with E-state index in [2.05, 4.69) is 0 Å². The summed E-state index contributed by atoms with van der Waals surface area (Å²) in [5.74, 6) is 0.982. The molecule has 1 aromatic carbocycles. The number of halogens is 1. The van der Waals surface area contributed by atoms with E-state index < -0.39 is 9.84 Å². The zero-order valence-corrected chi connectivity index (χ0v) is 12.6. The van der Waals surface area contributed by atoms with Crippen molar-refractivity contribution < 1.29 is 17.9 Å². The normalized spacial score (nSPS) is 11.4. The summed E-state index contributed by atoms with van der Waals surface area (Å²) < 4.78 is 32.7. The van der Waals surface area contributed by atoms with Crippen LogP contribution in [0.1, 0.15) is 12.0 Å². The molecule has 0 saturated carbocycles. The number of hydrogen-bond donors (Lipinski definition) is 1. The average molecular weight is 308 g/mol. The molecule has 1 rings (SSSR count). The SMILES string of the molecule is COc1cc(CN)cc(Cl)c1OCCCS(C)(=O)=O. The summed E-state index contributed by atoms with van der Waals surface area (Å²) in [5, 5.41) is 0.402. The van der Waals surface area contributed by atoms with Crippen molar-refractivity contribution in [2.75, 3.05) is 25.7 Å². The number of rotatable bonds is 7. The van der Waals surface area contributed by atoms with E-state index in [1.54, 1.807) is 12.1 Å². The van der Waals surface area contributed by atoms with E-state index in [-0.39, 0.29) is 12.4 Å². The monoisotopic (exact) mass is 307 g/mol. The summed E-state index contributed by atoms with van der Waals surface area (Å²) in [6, 6.07) is 3.45. The molecular weight excluding hydrogens is 290 g/mol. The van der Waals surface area contributed by atoms with Crippen molar-refractivity contribution in [1.29, 1.82) is 0 Å². The number of benzene rings is 1. The summed E-state index contributed by atoms with van der Waals surface area (Å²) in [5.41, 5.74) is 6.38. The Bertz CT molecular complexity index is 531. The van der Waals surface area contributed by atoms with Crippen LogP contribution < -0.4 is 15.2 Å². The van der Waals surface area contributed by atoms with Gasteiger partial charge in [-0.1, -0.05) is 11.6 Å². The molecule has 0 amide bonds. The molecule has 0 aliphatic heterocycles. The number of hydrogen-bond acceptors (Lipinski definition) is 5. The van der Waals surface area contributed by atoms with Gasteiger partial charge < -0.3 is 15.2 Å². The molecule has 0 aliphatic rings. The first kappa shape index (κ1) is 16.1. The highest BCUT2D eigenvalue weighted by Gasteiger charge is 2.12. The minimum absolute atomic E-state index is 0.0772. The zero-order chi connectivity index (χ0) is 14.5. The van der Waals surface area contributed by atoms with Gasteiger partial charge >= 0.3 is 0 Å². The predicted octanol–water partition coefficient (Wildman–Crippen LogP) is 1.62. The van der Waals surface area contributed by atoms with Crippen LogP contribution in [0.2, 0.25) is 5.02 Å². The molecule has 0 aromatic heterocycles. The van der Waals surface area contributed by atoms with Gasteiger partial charge in [-0.2, -0.15) is 0 Å². The van der Waals surface area contributed by atoms with Gasteiger partial charge in [0.25, 0.3) is 0 Å². The molecule has 0 saturated heterocycles. The van der Waals surface area contributed by atoms with E-state index in [1.807, 2.05) is 0 Å². The van der Waals surface area contributed by atoms with Gasteiger partial charge in [0.1, 0.15) is 9.84 Å². The largest absolute Gasteiger partial charge is 0.493 e. The Morgan fingerprint density at radius 1 is 1.37 bits per heavy atom. The van der Waals surface area contributed by atoms with E-state index in [0.717, 1.165) is 5.56 Å². The molecule has 0 heterocycles. The Balaban J connectivity index is 2.72. The average Bonchev–Trinajstić information content (AvgIpc) is 2.34. The molecular formula is C12H18ClNO4S. The third-order valence-corrected chi connectivity index (χ3v) is 3.74. The van der Waals surface area contributed by atoms with Crippen LogP contribution in [0.25, 0.3) is 0 Å². The summed E-state index contributed by atoms with van der Waals surface area (Å²) >= 11 is 6.08. The second-order valence-electron chi connectivity index (χ2n) is 4.15. The van der Waals surface area contributed by atoms with E-state index in [4.69, 9.17) is 26.8 Å². The molecule has 0 unspecified atom stereocenters. The van der Waals surface area contributed by atoms with Gasteiger partial charge in [0.05, 0.1) is 24.5 Å². The van der Waals surface area contributed by atoms with Crippen LogP contribution in [-0.2, 0) is 16.4 Å². The molecule has 0 aliphatic carbocycles. The second-order valence-corrected chi connectivity index (χ2v) is 6.81. The fraction of sp³-hybridized carbons (Fsp3) is 0.500. The molecule has 19 heavy (non-hydrogen) atoms. The summed E-state index contributed by atoms with van der Waals surface area (Å²) in [4.78, 5) is 0. The highest BCUT2D eigenvalue weighted by Crippen LogP contribution is 2.36. The lowest BCUT2D eigenvalue weighted by atomic mass is 10.2. The first-order valence-electron chi connectivity index (χ1n) is 5.74. The van der Waals surface area contributed by atoms with E-state index >= 15 is 0 Å². The Morgan fingerprint density at radius 3 is 2.58 bits per heavy atom. The van der Waals surface area contributed by atoms with Crippen LogP contribution >= 0.6 is 11.6 Å². The number of sulfone groups is 1. The van der Waals surface area contributed by atoms with Crippen molar-refractivity contribution in [3.63, 3.8) is 0 Å². The van der Waals surface area contributed by atoms with Crippen LogP contribution in [0.5, 0.6) is 11.5 Å². The maximum Gasteiger partial charge on any atom is 0.179 e. The molecule has 0 spiro atoms. The Hall–Kier alpha value is -0.980. The smallest absolute Gasteiger partial charge is 0.179 e. The minimum atomic E-state index is -2.98. The van der Waals surface area contributed by atoms with Crippen LogP contribution in [-0.4, -0.2) is 34.1 Å². The van der Waals surface area contributed by atoms with E-state index in [1.165, 1.54) is 13.4 Å². The maximum absolute atomic E-state index is 11.0. The molecule has 0 bridgehead atoms. The van der Waals surface area contributed by atoms with Gasteiger partial charge in [-0.3, -0.25) is 0 Å². The molecule has 0 fully saturated rings. The third-order valence-electron chi connectivity index (χ3n) is 2.43. The van der Waals surface area contributed by atoms with Crippen molar-refractivity contribution >= 4 is 21.4 Å². The Kier molecular flexibility index (Phi) is 5.90. The number of nitrogens with two attached hydrogens (primary N) is 1. The fourth-order valence-electron chi connectivity index (χ4n) is 1.53. The Morgan fingerprint density at radius 2 is 2.05 bits per heavy atom. The van der Waals surface area contributed by atoms with Gasteiger partial charge in [0.2, 0.25) is 0 Å². The highest BCUT2D eigenvalue weighted by molar-refractivity contribution is 7.90. The summed E-state index contributed by atoms with van der Waals surface area (Å²) in [7, 11) is -1.47. The summed E-state index contributed by atoms with van der Waals surface area (Å²) in [6.07, 6.45) is 1.59. The van der Waals surface area contributed by atoms with Crippen molar-refractivity contribution in [3.05, 3.63) is 22.7 Å². The first-order valence-corrected chi connectivity index (χ1v) is 8.18. The van der Waals surface area contributed by atoms with Gasteiger partial charge in [-0.05, 0) is 24.1 Å². The van der Waals surface area contributed by atoms with Crippen LogP contribution in [0.4, 0.5) is 0 Å². The standard InChI is InChI=1S/C12H18ClNO4S/c1-17-11-7-9(8-14)6-10(13)12(11)18-4-3-5-19(2,15)16/h6-7H,3-5,8,14H2,1-2H3. The fourth-order valence-corrected chi connectivity index (χ4v) is 2.46. The van der Waals surface area contributed by atoms with Gasteiger partial charge in [-0.25, -0.2) is 8.42 Å². The van der Waals surface area contributed by atoms with Crippen molar-refractivity contribution in [1.82, 2.24) is 0 Å². The van der Waals surface area contributed by atoms with Gasteiger partial charge in [0, 0.05) is 12.8 Å². The molecule has 7 heteroatoms. The molecule has 108 valence electrons. The Labute approximate surface area is 118 Å². The lowest BCUT2D eigenvalue weighted by Gasteiger charge is -2.13. The topological polar surface area (TPSA) is 78.6 Å². The number of ether oxygens (including phenoxy) is 2. The van der Waals surface area contributed by atoms with Gasteiger partial charge in [-0.15, -0.1) is 0 Å². The zero-order valence-electron chi connectivity index (χ0n) is 11.0. The third kappa shape index (κ3) is 5.26. The molecule has 0 radical (unpaired) electrons. The van der Waals surface area contributed by atoms with E-state index in [0.29, 0.717) is 29.5 Å². The molecule has 5 nitrogen and oxygen atoms in total. The molecule has 2 N–H and O–H groups in total. The van der Waals surface area contributed by atoms with Crippen molar-refractivity contribution in [2.24, 2.45) is 5.73 Å². The van der Waals surface area contributed by atoms with Crippen molar-refractivity contribution in [2.45, 2.75) is 13.0 Å². The highest BCUT2D eigenvalue weighted by atomic mass is 35.5. The van der Waals surface area contributed by atoms with Crippen LogP contribution in [0.3, 0.4) is 0 Å². The van der Waals surface area contributed by atoms with Gasteiger partial charge in [0.15, 0.2) is 11.5 Å². The molecule has 1 aromatic rings. The second kappa shape index (κ2) is 6.98. The quantitative estimate of drug-likeness (QED) is 0.774.